The fourth-order valence-electron chi connectivity index (χ4n) is 2.47. The molecule has 1 aliphatic carbocycles. The van der Waals surface area contributed by atoms with Crippen LogP contribution in [0, 0.1) is 6.92 Å². The number of likely N-dealkylation sites (N-methyl/N-ethyl adjacent to an activating group) is 1. The summed E-state index contributed by atoms with van der Waals surface area (Å²) in [6.45, 7) is 2.64. The van der Waals surface area contributed by atoms with Crippen molar-refractivity contribution in [1.29, 1.82) is 0 Å². The van der Waals surface area contributed by atoms with Gasteiger partial charge in [-0.15, -0.1) is 0 Å². The van der Waals surface area contributed by atoms with Crippen molar-refractivity contribution >= 4 is 0 Å². The molecule has 1 aromatic rings. The van der Waals surface area contributed by atoms with Gasteiger partial charge in [0.15, 0.2) is 0 Å². The molecule has 2 rings (SSSR count). The minimum Gasteiger partial charge on any atom is -0.391 e. The maximum Gasteiger partial charge on any atom is 0.133 e. The highest BCUT2D eigenvalue weighted by Crippen LogP contribution is 2.23. The molecule has 2 unspecified atom stereocenters. The van der Waals surface area contributed by atoms with E-state index in [2.05, 4.69) is 10.1 Å². The lowest BCUT2D eigenvalue weighted by Crippen LogP contribution is -2.42. The minimum atomic E-state index is -0.188. The molecule has 0 spiro atoms. The second kappa shape index (κ2) is 4.97. The van der Waals surface area contributed by atoms with Crippen LogP contribution in [0.1, 0.15) is 37.1 Å². The summed E-state index contributed by atoms with van der Waals surface area (Å²) in [5, 5.41) is 13.9. The predicted molar refractivity (Wildman–Crippen MR) is 61.0 cm³/mol. The van der Waals surface area contributed by atoms with E-state index in [1.807, 2.05) is 20.0 Å². The molecule has 1 aromatic heterocycles. The molecule has 1 N–H and O–H groups in total. The zero-order valence-corrected chi connectivity index (χ0v) is 10.0. The predicted octanol–water partition coefficient (Wildman–Crippen LogP) is 1.72. The van der Waals surface area contributed by atoms with E-state index in [9.17, 15) is 5.11 Å². The maximum atomic E-state index is 9.94. The highest BCUT2D eigenvalue weighted by Gasteiger charge is 2.26. The molecular formula is C12H20N2O2. The normalized spacial score (nSPS) is 26.2. The first-order chi connectivity index (χ1) is 7.66. The van der Waals surface area contributed by atoms with Crippen LogP contribution in [0.3, 0.4) is 0 Å². The molecule has 16 heavy (non-hydrogen) atoms. The van der Waals surface area contributed by atoms with Crippen molar-refractivity contribution in [2.75, 3.05) is 7.05 Å². The lowest BCUT2D eigenvalue weighted by atomic mass is 9.91. The van der Waals surface area contributed by atoms with Crippen molar-refractivity contribution in [2.45, 2.75) is 51.3 Å². The number of hydrogen-bond donors (Lipinski definition) is 1. The van der Waals surface area contributed by atoms with Gasteiger partial charge in [0.2, 0.25) is 0 Å². The van der Waals surface area contributed by atoms with Gasteiger partial charge in [-0.25, -0.2) is 0 Å². The van der Waals surface area contributed by atoms with Crippen LogP contribution in [0.25, 0.3) is 0 Å². The fraction of sp³-hybridized carbons (Fsp3) is 0.750. The van der Waals surface area contributed by atoms with Crippen molar-refractivity contribution < 1.29 is 9.63 Å². The highest BCUT2D eigenvalue weighted by atomic mass is 16.5. The Morgan fingerprint density at radius 2 is 2.25 bits per heavy atom. The summed E-state index contributed by atoms with van der Waals surface area (Å²) in [6, 6.07) is 2.22. The minimum absolute atomic E-state index is 0.188. The summed E-state index contributed by atoms with van der Waals surface area (Å²) in [6.07, 6.45) is 4.17. The summed E-state index contributed by atoms with van der Waals surface area (Å²) in [4.78, 5) is 2.18. The molecule has 0 saturated heterocycles. The van der Waals surface area contributed by atoms with E-state index >= 15 is 0 Å². The molecule has 0 aromatic carbocycles. The van der Waals surface area contributed by atoms with Gasteiger partial charge < -0.3 is 9.63 Å². The van der Waals surface area contributed by atoms with Gasteiger partial charge in [-0.1, -0.05) is 18.0 Å². The summed E-state index contributed by atoms with van der Waals surface area (Å²) >= 11 is 0. The Morgan fingerprint density at radius 3 is 2.88 bits per heavy atom. The Morgan fingerprint density at radius 1 is 1.50 bits per heavy atom. The van der Waals surface area contributed by atoms with Crippen LogP contribution < -0.4 is 0 Å². The van der Waals surface area contributed by atoms with Crippen molar-refractivity contribution in [3.05, 3.63) is 17.5 Å². The van der Waals surface area contributed by atoms with Crippen LogP contribution in [-0.4, -0.2) is 34.4 Å². The Balaban J connectivity index is 1.93. The van der Waals surface area contributed by atoms with Crippen LogP contribution in [0.15, 0.2) is 10.6 Å². The lowest BCUT2D eigenvalue weighted by molar-refractivity contribution is 0.0280. The molecule has 0 radical (unpaired) electrons. The van der Waals surface area contributed by atoms with E-state index < -0.39 is 0 Å². The van der Waals surface area contributed by atoms with Crippen LogP contribution >= 0.6 is 0 Å². The van der Waals surface area contributed by atoms with Gasteiger partial charge in [0, 0.05) is 18.7 Å². The number of rotatable bonds is 3. The van der Waals surface area contributed by atoms with Gasteiger partial charge in [-0.3, -0.25) is 4.90 Å². The number of aliphatic hydroxyl groups excluding tert-OH is 1. The van der Waals surface area contributed by atoms with Crippen LogP contribution in [0.5, 0.6) is 0 Å². The summed E-state index contributed by atoms with van der Waals surface area (Å²) in [5.74, 6) is 0.840. The third-order valence-electron chi connectivity index (χ3n) is 3.35. The molecule has 0 bridgehead atoms. The van der Waals surface area contributed by atoms with Crippen molar-refractivity contribution in [2.24, 2.45) is 0 Å². The fourth-order valence-corrected chi connectivity index (χ4v) is 2.47. The number of nitrogens with zero attached hydrogens (tertiary/aromatic N) is 2. The van der Waals surface area contributed by atoms with Gasteiger partial charge in [0.1, 0.15) is 5.76 Å². The maximum absolute atomic E-state index is 9.94. The van der Waals surface area contributed by atoms with Gasteiger partial charge in [-0.05, 0) is 26.8 Å². The average Bonchev–Trinajstić information content (AvgIpc) is 2.64. The van der Waals surface area contributed by atoms with Gasteiger partial charge >= 0.3 is 0 Å². The quantitative estimate of drug-likeness (QED) is 0.849. The Kier molecular flexibility index (Phi) is 3.61. The van der Waals surface area contributed by atoms with Crippen LogP contribution in [0.2, 0.25) is 0 Å². The van der Waals surface area contributed by atoms with Gasteiger partial charge in [-0.2, -0.15) is 0 Å². The number of aryl methyl sites for hydroxylation is 1. The van der Waals surface area contributed by atoms with E-state index in [0.29, 0.717) is 0 Å². The average molecular weight is 224 g/mol. The van der Waals surface area contributed by atoms with Gasteiger partial charge in [0.25, 0.3) is 0 Å². The van der Waals surface area contributed by atoms with E-state index in [1.54, 1.807) is 0 Å². The molecule has 1 fully saturated rings. The molecule has 2 atom stereocenters. The topological polar surface area (TPSA) is 49.5 Å². The standard InChI is InChI=1S/C12H20N2O2/c1-9-7-10(13-16-9)8-14(2)11-5-3-4-6-12(11)15/h7,11-12,15H,3-6,8H2,1-2H3. The third-order valence-corrected chi connectivity index (χ3v) is 3.35. The molecule has 1 aliphatic rings. The zero-order valence-electron chi connectivity index (χ0n) is 10.0. The second-order valence-corrected chi connectivity index (χ2v) is 4.76. The molecule has 90 valence electrons. The lowest BCUT2D eigenvalue weighted by Gasteiger charge is -2.34. The van der Waals surface area contributed by atoms with Crippen LogP contribution in [0.4, 0.5) is 0 Å². The highest BCUT2D eigenvalue weighted by molar-refractivity contribution is 5.03. The second-order valence-electron chi connectivity index (χ2n) is 4.76. The third kappa shape index (κ3) is 2.62. The zero-order chi connectivity index (χ0) is 11.5. The van der Waals surface area contributed by atoms with Gasteiger partial charge in [0.05, 0.1) is 11.8 Å². The first-order valence-electron chi connectivity index (χ1n) is 5.97. The molecule has 4 nitrogen and oxygen atoms in total. The monoisotopic (exact) mass is 224 g/mol. The van der Waals surface area contributed by atoms with Crippen LogP contribution in [-0.2, 0) is 6.54 Å². The Labute approximate surface area is 96.2 Å². The smallest absolute Gasteiger partial charge is 0.133 e. The van der Waals surface area contributed by atoms with E-state index in [0.717, 1.165) is 37.3 Å². The first kappa shape index (κ1) is 11.6. The summed E-state index contributed by atoms with van der Waals surface area (Å²) in [7, 11) is 2.04. The van der Waals surface area contributed by atoms with E-state index in [4.69, 9.17) is 4.52 Å². The number of aromatic nitrogens is 1. The molecule has 1 heterocycles. The van der Waals surface area contributed by atoms with E-state index in [-0.39, 0.29) is 12.1 Å². The van der Waals surface area contributed by atoms with Crippen molar-refractivity contribution in [1.82, 2.24) is 10.1 Å². The summed E-state index contributed by atoms with van der Waals surface area (Å²) < 4.78 is 5.04. The number of hydrogen-bond acceptors (Lipinski definition) is 4. The molecule has 0 amide bonds. The molecule has 4 heteroatoms. The first-order valence-corrected chi connectivity index (χ1v) is 5.97. The molecule has 0 aliphatic heterocycles. The largest absolute Gasteiger partial charge is 0.391 e. The Hall–Kier alpha value is -0.870. The Bertz CT molecular complexity index is 338. The molecule has 1 saturated carbocycles. The summed E-state index contributed by atoms with van der Waals surface area (Å²) in [5.41, 5.74) is 0.942. The SMILES string of the molecule is Cc1cc(CN(C)C2CCCCC2O)no1. The van der Waals surface area contributed by atoms with E-state index in [1.165, 1.54) is 6.42 Å². The van der Waals surface area contributed by atoms with Crippen molar-refractivity contribution in [3.8, 4) is 0 Å². The molecular weight excluding hydrogens is 204 g/mol. The van der Waals surface area contributed by atoms with Crippen molar-refractivity contribution in [3.63, 3.8) is 0 Å². The number of aliphatic hydroxyl groups is 1.